The van der Waals surface area contributed by atoms with Crippen LogP contribution < -0.4 is 23.7 Å². The van der Waals surface area contributed by atoms with Crippen LogP contribution in [0, 0.1) is 0 Å². The lowest BCUT2D eigenvalue weighted by Gasteiger charge is -2.27. The molecule has 4 rings (SSSR count). The minimum atomic E-state index is 0.536. The minimum Gasteiger partial charge on any atom is -0.496 e. The number of fused-ring (bicyclic) bond motifs is 1. The molecule has 0 fully saturated rings. The van der Waals surface area contributed by atoms with Gasteiger partial charge in [0.2, 0.25) is 0 Å². The maximum atomic E-state index is 6.44. The molecule has 0 saturated carbocycles. The molecule has 7 nitrogen and oxygen atoms in total. The van der Waals surface area contributed by atoms with Crippen LogP contribution in [0.1, 0.15) is 11.1 Å². The Morgan fingerprint density at radius 1 is 0.703 bits per heavy atom. The number of nitrogens with zero attached hydrogens (tertiary/aromatic N) is 1. The predicted molar refractivity (Wildman–Crippen MR) is 145 cm³/mol. The highest BCUT2D eigenvalue weighted by atomic mass is 16.5. The molecule has 0 N–H and O–H groups in total. The maximum absolute atomic E-state index is 6.44. The van der Waals surface area contributed by atoms with Crippen molar-refractivity contribution < 1.29 is 33.0 Å². The number of rotatable bonds is 7. The standard InChI is InChI=1S/C30H32NO6/c1-31(2)21-12-8-19(9-13-21)10-14-23-28-26(35-6)17-22(32-3)18-27(28)37-29(30(23)36-7)20-11-15-24(33-4)25(16-20)34-5/h8-18H,1-7H3/q+1/b23-14+. The second kappa shape index (κ2) is 11.1. The summed E-state index contributed by atoms with van der Waals surface area (Å²) < 4.78 is 36.7. The summed E-state index contributed by atoms with van der Waals surface area (Å²) in [5.41, 5.74) is 4.52. The molecule has 1 aliphatic carbocycles. The van der Waals surface area contributed by atoms with Gasteiger partial charge in [-0.15, -0.1) is 0 Å². The predicted octanol–water partition coefficient (Wildman–Crippen LogP) is 5.28. The molecule has 1 heterocycles. The van der Waals surface area contributed by atoms with Crippen LogP contribution in [0.15, 0.2) is 78.1 Å². The van der Waals surface area contributed by atoms with Gasteiger partial charge in [0.1, 0.15) is 31.3 Å². The van der Waals surface area contributed by atoms with Crippen molar-refractivity contribution in [2.45, 2.75) is 0 Å². The van der Waals surface area contributed by atoms with Crippen LogP contribution in [0.5, 0.6) is 28.7 Å². The van der Waals surface area contributed by atoms with E-state index >= 15 is 0 Å². The molecule has 192 valence electrons. The van der Waals surface area contributed by atoms with Crippen molar-refractivity contribution in [1.29, 1.82) is 0 Å². The lowest BCUT2D eigenvalue weighted by atomic mass is 9.95. The second-order valence-electron chi connectivity index (χ2n) is 8.47. The van der Waals surface area contributed by atoms with Crippen LogP contribution in [0.2, 0.25) is 0 Å². The van der Waals surface area contributed by atoms with E-state index in [0.29, 0.717) is 40.3 Å². The average molecular weight is 503 g/mol. The summed E-state index contributed by atoms with van der Waals surface area (Å²) in [4.78, 5) is 0. The van der Waals surface area contributed by atoms with Crippen molar-refractivity contribution in [3.05, 3.63) is 89.2 Å². The third-order valence-electron chi connectivity index (χ3n) is 6.13. The van der Waals surface area contributed by atoms with Gasteiger partial charge in [-0.2, -0.15) is 0 Å². The van der Waals surface area contributed by atoms with E-state index in [2.05, 4.69) is 28.9 Å². The van der Waals surface area contributed by atoms with Gasteiger partial charge < -0.3 is 28.4 Å². The van der Waals surface area contributed by atoms with E-state index in [1.165, 1.54) is 0 Å². The Hall–Kier alpha value is -4.39. The average Bonchev–Trinajstić information content (AvgIpc) is 2.94. The number of methoxy groups -OCH3 is 5. The Bertz CT molecular complexity index is 1370. The van der Waals surface area contributed by atoms with Gasteiger partial charge in [0.15, 0.2) is 28.7 Å². The number of hydrogen-bond acceptors (Lipinski definition) is 6. The normalized spacial score (nSPS) is 15.3. The summed E-state index contributed by atoms with van der Waals surface area (Å²) in [6.45, 7) is 0. The van der Waals surface area contributed by atoms with Gasteiger partial charge in [0.25, 0.3) is 0 Å². The molecule has 0 spiro atoms. The first-order chi connectivity index (χ1) is 17.9. The molecule has 37 heavy (non-hydrogen) atoms. The van der Waals surface area contributed by atoms with Gasteiger partial charge in [-0.25, -0.2) is 4.58 Å². The van der Waals surface area contributed by atoms with Crippen molar-refractivity contribution in [2.75, 3.05) is 49.6 Å². The lowest BCUT2D eigenvalue weighted by molar-refractivity contribution is -0.462. The van der Waals surface area contributed by atoms with Gasteiger partial charge >= 0.3 is 0 Å². The van der Waals surface area contributed by atoms with Gasteiger partial charge in [0, 0.05) is 35.4 Å². The monoisotopic (exact) mass is 502 g/mol. The summed E-state index contributed by atoms with van der Waals surface area (Å²) in [5, 5.41) is 0. The Labute approximate surface area is 217 Å². The Balaban J connectivity index is 1.93. The molecule has 0 amide bonds. The van der Waals surface area contributed by atoms with Gasteiger partial charge in [-0.05, 0) is 42.0 Å². The highest BCUT2D eigenvalue weighted by Gasteiger charge is 2.31. The van der Waals surface area contributed by atoms with E-state index in [1.807, 2.05) is 56.6 Å². The third-order valence-corrected chi connectivity index (χ3v) is 6.13. The number of benzene rings is 2. The van der Waals surface area contributed by atoms with Crippen molar-refractivity contribution in [2.24, 2.45) is 0 Å². The molecule has 0 atom stereocenters. The second-order valence-corrected chi connectivity index (χ2v) is 8.47. The molecular formula is C30H32NO6+. The molecule has 2 aliphatic rings. The molecule has 0 unspecified atom stereocenters. The highest BCUT2D eigenvalue weighted by Crippen LogP contribution is 2.49. The molecule has 0 aromatic heterocycles. The zero-order chi connectivity index (χ0) is 26.5. The third kappa shape index (κ3) is 5.11. The fourth-order valence-corrected chi connectivity index (χ4v) is 4.18. The molecule has 0 saturated heterocycles. The van der Waals surface area contributed by atoms with Crippen LogP contribution in [-0.4, -0.2) is 59.9 Å². The summed E-state index contributed by atoms with van der Waals surface area (Å²) in [5.74, 6) is 4.11. The molecule has 1 aliphatic heterocycles. The van der Waals surface area contributed by atoms with E-state index in [9.17, 15) is 0 Å². The smallest absolute Gasteiger partial charge is 0.199 e. The zero-order valence-corrected chi connectivity index (χ0v) is 22.2. The summed E-state index contributed by atoms with van der Waals surface area (Å²) >= 11 is 0. The fourth-order valence-electron chi connectivity index (χ4n) is 4.18. The number of allylic oxidation sites excluding steroid dienone is 8. The van der Waals surface area contributed by atoms with E-state index in [0.717, 1.165) is 28.0 Å². The molecule has 7 heteroatoms. The van der Waals surface area contributed by atoms with Crippen molar-refractivity contribution in [3.63, 3.8) is 0 Å². The Morgan fingerprint density at radius 2 is 1.41 bits per heavy atom. The molecule has 0 radical (unpaired) electrons. The Kier molecular flexibility index (Phi) is 7.72. The molecule has 2 aromatic rings. The summed E-state index contributed by atoms with van der Waals surface area (Å²) in [6, 6.07) is 9.26. The summed E-state index contributed by atoms with van der Waals surface area (Å²) in [7, 11) is 12.1. The van der Waals surface area contributed by atoms with E-state index in [4.69, 9.17) is 28.4 Å². The van der Waals surface area contributed by atoms with E-state index in [1.54, 1.807) is 35.5 Å². The number of hydrogen-bond donors (Lipinski definition) is 0. The zero-order valence-electron chi connectivity index (χ0n) is 22.2. The van der Waals surface area contributed by atoms with Crippen molar-refractivity contribution in [3.8, 4) is 28.7 Å². The molecular weight excluding hydrogens is 470 g/mol. The maximum Gasteiger partial charge on any atom is 0.199 e. The van der Waals surface area contributed by atoms with Crippen LogP contribution in [0.25, 0.3) is 11.3 Å². The van der Waals surface area contributed by atoms with Gasteiger partial charge in [-0.3, -0.25) is 0 Å². The first-order valence-electron chi connectivity index (χ1n) is 11.7. The highest BCUT2D eigenvalue weighted by molar-refractivity contribution is 6.02. The Morgan fingerprint density at radius 3 is 2.00 bits per heavy atom. The SMILES string of the molecule is COC1=C(c2ccc(OC)c(OC)c2)Oc2cc(OC)cc(OC)c2/C1=C\C=C1C=CC(=[N+](C)C)C=C1. The van der Waals surface area contributed by atoms with Crippen LogP contribution in [0.3, 0.4) is 0 Å². The van der Waals surface area contributed by atoms with Crippen molar-refractivity contribution >= 4 is 17.0 Å². The number of ether oxygens (including phenoxy) is 6. The first kappa shape index (κ1) is 25.7. The molecule has 0 bridgehead atoms. The minimum absolute atomic E-state index is 0.536. The lowest BCUT2D eigenvalue weighted by Crippen LogP contribution is -2.12. The van der Waals surface area contributed by atoms with Crippen LogP contribution in [0.4, 0.5) is 0 Å². The van der Waals surface area contributed by atoms with Crippen molar-refractivity contribution in [1.82, 2.24) is 0 Å². The van der Waals surface area contributed by atoms with E-state index < -0.39 is 0 Å². The van der Waals surface area contributed by atoms with Crippen LogP contribution in [-0.2, 0) is 4.74 Å². The quantitative estimate of drug-likeness (QED) is 0.481. The first-order valence-corrected chi connectivity index (χ1v) is 11.7. The van der Waals surface area contributed by atoms with E-state index in [-0.39, 0.29) is 0 Å². The van der Waals surface area contributed by atoms with Gasteiger partial charge in [0.05, 0.1) is 41.1 Å². The van der Waals surface area contributed by atoms with Gasteiger partial charge in [-0.1, -0.05) is 6.08 Å². The largest absolute Gasteiger partial charge is 0.496 e. The summed E-state index contributed by atoms with van der Waals surface area (Å²) in [6.07, 6.45) is 12.4. The molecule has 2 aromatic carbocycles. The fraction of sp³-hybridized carbons (Fsp3) is 0.233. The van der Waals surface area contributed by atoms with Crippen LogP contribution >= 0.6 is 0 Å². The topological polar surface area (TPSA) is 58.4 Å².